The van der Waals surface area contributed by atoms with E-state index in [1.165, 1.54) is 0 Å². The van der Waals surface area contributed by atoms with E-state index >= 15 is 0 Å². The van der Waals surface area contributed by atoms with Crippen molar-refractivity contribution < 1.29 is 23.8 Å². The quantitative estimate of drug-likeness (QED) is 0.454. The third-order valence-corrected chi connectivity index (χ3v) is 2.88. The smallest absolute Gasteiger partial charge is 0.329 e. The Bertz CT molecular complexity index is 497. The second-order valence-electron chi connectivity index (χ2n) is 3.81. The molecule has 0 aliphatic heterocycles. The van der Waals surface area contributed by atoms with Crippen LogP contribution in [0.25, 0.3) is 0 Å². The zero-order valence-corrected chi connectivity index (χ0v) is 13.2. The van der Waals surface area contributed by atoms with Gasteiger partial charge < -0.3 is 14.2 Å². The third-order valence-electron chi connectivity index (χ3n) is 2.31. The second kappa shape index (κ2) is 8.59. The predicted octanol–water partition coefficient (Wildman–Crippen LogP) is 2.79. The maximum Gasteiger partial charge on any atom is 0.329 e. The Morgan fingerprint density at radius 1 is 1.10 bits per heavy atom. The fourth-order valence-corrected chi connectivity index (χ4v) is 1.83. The number of halogens is 1. The molecule has 0 spiro atoms. The molecule has 0 aromatic heterocycles. The van der Waals surface area contributed by atoms with Crippen LogP contribution in [-0.4, -0.2) is 30.2 Å². The van der Waals surface area contributed by atoms with E-state index in [4.69, 9.17) is 38.0 Å². The van der Waals surface area contributed by atoms with E-state index < -0.39 is 17.9 Å². The van der Waals surface area contributed by atoms with Crippen LogP contribution in [-0.2, 0) is 19.1 Å². The molecule has 7 heteroatoms. The molecular weight excluding hydrogens is 316 g/mol. The molecule has 0 saturated carbocycles. The summed E-state index contributed by atoms with van der Waals surface area (Å²) in [6.45, 7) is 3.50. The first-order chi connectivity index (χ1) is 9.99. The van der Waals surface area contributed by atoms with Gasteiger partial charge in [-0.2, -0.15) is 0 Å². The van der Waals surface area contributed by atoms with E-state index in [0.717, 1.165) is 0 Å². The van der Waals surface area contributed by atoms with Gasteiger partial charge in [-0.1, -0.05) is 11.6 Å². The molecule has 0 saturated heterocycles. The van der Waals surface area contributed by atoms with E-state index in [1.54, 1.807) is 38.1 Å². The van der Waals surface area contributed by atoms with Crippen LogP contribution in [0.2, 0.25) is 5.02 Å². The molecule has 0 aliphatic carbocycles. The molecule has 1 rings (SSSR count). The lowest BCUT2D eigenvalue weighted by atomic mass is 10.1. The molecule has 0 atom stereocenters. The van der Waals surface area contributed by atoms with Gasteiger partial charge in [0.1, 0.15) is 5.75 Å². The standard InChI is InChI=1S/C14H15ClO5S/c1-3-18-12(16)11(13(17)19-4-2)14(21)20-10-7-5-9(15)6-8-10/h5-8,11H,3-4H2,1-2H3. The van der Waals surface area contributed by atoms with E-state index in [0.29, 0.717) is 10.8 Å². The minimum atomic E-state index is -1.39. The summed E-state index contributed by atoms with van der Waals surface area (Å²) in [5.74, 6) is -2.62. The van der Waals surface area contributed by atoms with Gasteiger partial charge in [-0.25, -0.2) is 0 Å². The minimum absolute atomic E-state index is 0.123. The number of thiocarbonyl (C=S) groups is 1. The zero-order valence-electron chi connectivity index (χ0n) is 11.6. The molecule has 0 radical (unpaired) electrons. The fourth-order valence-electron chi connectivity index (χ4n) is 1.42. The van der Waals surface area contributed by atoms with Crippen molar-refractivity contribution in [3.05, 3.63) is 29.3 Å². The average molecular weight is 331 g/mol. The van der Waals surface area contributed by atoms with Crippen LogP contribution in [0.5, 0.6) is 5.75 Å². The van der Waals surface area contributed by atoms with Gasteiger partial charge in [0.05, 0.1) is 13.2 Å². The van der Waals surface area contributed by atoms with Crippen LogP contribution in [0.4, 0.5) is 0 Å². The third kappa shape index (κ3) is 5.32. The van der Waals surface area contributed by atoms with Crippen LogP contribution in [0.15, 0.2) is 24.3 Å². The van der Waals surface area contributed by atoms with Gasteiger partial charge >= 0.3 is 11.9 Å². The molecule has 0 fully saturated rings. The number of rotatable bonds is 6. The molecule has 1 aromatic rings. The van der Waals surface area contributed by atoms with Crippen molar-refractivity contribution in [1.29, 1.82) is 0 Å². The first kappa shape index (κ1) is 17.4. The first-order valence-electron chi connectivity index (χ1n) is 6.30. The molecule has 1 aromatic carbocycles. The van der Waals surface area contributed by atoms with Gasteiger partial charge in [0.25, 0.3) is 0 Å². The van der Waals surface area contributed by atoms with E-state index in [1.807, 2.05) is 0 Å². The summed E-state index contributed by atoms with van der Waals surface area (Å²) >= 11 is 10.8. The number of esters is 2. The number of carbonyl (C=O) groups excluding carboxylic acids is 2. The number of benzene rings is 1. The second-order valence-corrected chi connectivity index (χ2v) is 4.65. The maximum atomic E-state index is 11.8. The summed E-state index contributed by atoms with van der Waals surface area (Å²) in [5.41, 5.74) is 0. The van der Waals surface area contributed by atoms with Crippen molar-refractivity contribution in [2.45, 2.75) is 13.8 Å². The van der Waals surface area contributed by atoms with Crippen LogP contribution < -0.4 is 4.74 Å². The number of carbonyl (C=O) groups is 2. The largest absolute Gasteiger partial charge is 0.465 e. The normalized spacial score (nSPS) is 10.1. The van der Waals surface area contributed by atoms with Crippen molar-refractivity contribution in [1.82, 2.24) is 0 Å². The summed E-state index contributed by atoms with van der Waals surface area (Å²) in [5, 5.41) is 0.301. The molecule has 0 amide bonds. The summed E-state index contributed by atoms with van der Waals surface area (Å²) in [4.78, 5) is 23.7. The SMILES string of the molecule is CCOC(=O)C(C(=O)OCC)C(=S)Oc1ccc(Cl)cc1. The minimum Gasteiger partial charge on any atom is -0.465 e. The highest BCUT2D eigenvalue weighted by Crippen LogP contribution is 2.18. The Balaban J connectivity index is 2.86. The summed E-state index contributed by atoms with van der Waals surface area (Å²) in [7, 11) is 0. The highest BCUT2D eigenvalue weighted by atomic mass is 35.5. The number of ether oxygens (including phenoxy) is 3. The van der Waals surface area contributed by atoms with Crippen LogP contribution >= 0.6 is 23.8 Å². The summed E-state index contributed by atoms with van der Waals surface area (Å²) in [6, 6.07) is 6.34. The van der Waals surface area contributed by atoms with Crippen molar-refractivity contribution in [3.63, 3.8) is 0 Å². The maximum absolute atomic E-state index is 11.8. The molecule has 114 valence electrons. The van der Waals surface area contributed by atoms with Gasteiger partial charge in [0, 0.05) is 5.02 Å². The van der Waals surface area contributed by atoms with Crippen molar-refractivity contribution in [3.8, 4) is 5.75 Å². The van der Waals surface area contributed by atoms with Crippen LogP contribution in [0.3, 0.4) is 0 Å². The molecule has 0 aliphatic rings. The van der Waals surface area contributed by atoms with Gasteiger partial charge in [-0.05, 0) is 50.3 Å². The number of hydrogen-bond donors (Lipinski definition) is 0. The van der Waals surface area contributed by atoms with E-state index in [2.05, 4.69) is 0 Å². The Kier molecular flexibility index (Phi) is 7.11. The Hall–Kier alpha value is -1.66. The Labute approximate surface area is 133 Å². The Morgan fingerprint density at radius 2 is 1.57 bits per heavy atom. The van der Waals surface area contributed by atoms with Crippen molar-refractivity contribution in [2.75, 3.05) is 13.2 Å². The summed E-state index contributed by atoms with van der Waals surface area (Å²) < 4.78 is 15.0. The predicted molar refractivity (Wildman–Crippen MR) is 81.4 cm³/mol. The lowest BCUT2D eigenvalue weighted by molar-refractivity contribution is -0.158. The van der Waals surface area contributed by atoms with Gasteiger partial charge in [0.2, 0.25) is 5.92 Å². The topological polar surface area (TPSA) is 61.8 Å². The molecular formula is C14H15ClO5S. The van der Waals surface area contributed by atoms with E-state index in [9.17, 15) is 9.59 Å². The molecule has 0 unspecified atom stereocenters. The highest BCUT2D eigenvalue weighted by molar-refractivity contribution is 7.80. The van der Waals surface area contributed by atoms with Crippen LogP contribution in [0, 0.1) is 5.92 Å². The molecule has 0 N–H and O–H groups in total. The molecule has 21 heavy (non-hydrogen) atoms. The van der Waals surface area contributed by atoms with Gasteiger partial charge in [-0.3, -0.25) is 9.59 Å². The lowest BCUT2D eigenvalue weighted by Crippen LogP contribution is -2.36. The fraction of sp³-hybridized carbons (Fsp3) is 0.357. The number of hydrogen-bond acceptors (Lipinski definition) is 6. The monoisotopic (exact) mass is 330 g/mol. The van der Waals surface area contributed by atoms with Gasteiger partial charge in [-0.15, -0.1) is 0 Å². The van der Waals surface area contributed by atoms with E-state index in [-0.39, 0.29) is 18.3 Å². The van der Waals surface area contributed by atoms with Crippen LogP contribution in [0.1, 0.15) is 13.8 Å². The zero-order chi connectivity index (χ0) is 15.8. The van der Waals surface area contributed by atoms with Crippen molar-refractivity contribution >= 4 is 40.8 Å². The molecule has 0 heterocycles. The molecule has 5 nitrogen and oxygen atoms in total. The average Bonchev–Trinajstić information content (AvgIpc) is 2.42. The Morgan fingerprint density at radius 3 is 2.00 bits per heavy atom. The highest BCUT2D eigenvalue weighted by Gasteiger charge is 2.35. The summed E-state index contributed by atoms with van der Waals surface area (Å²) in [6.07, 6.45) is 0. The molecule has 0 bridgehead atoms. The first-order valence-corrected chi connectivity index (χ1v) is 7.08. The van der Waals surface area contributed by atoms with Crippen molar-refractivity contribution in [2.24, 2.45) is 5.92 Å². The van der Waals surface area contributed by atoms with Gasteiger partial charge in [0.15, 0.2) is 5.05 Å². The lowest BCUT2D eigenvalue weighted by Gasteiger charge is -2.15.